The van der Waals surface area contributed by atoms with Crippen molar-refractivity contribution in [3.63, 3.8) is 0 Å². The Bertz CT molecular complexity index is 1020. The van der Waals surface area contributed by atoms with Crippen LogP contribution in [-0.2, 0) is 16.6 Å². The third kappa shape index (κ3) is 3.48. The van der Waals surface area contributed by atoms with E-state index in [1.165, 1.54) is 16.7 Å². The van der Waals surface area contributed by atoms with E-state index >= 15 is 0 Å². The third-order valence-corrected chi connectivity index (χ3v) is 6.24. The Hall–Kier alpha value is -2.87. The zero-order chi connectivity index (χ0) is 20.6. The maximum Gasteiger partial charge on any atom is 0.231 e. The van der Waals surface area contributed by atoms with E-state index in [0.717, 1.165) is 17.7 Å². The molecule has 0 aliphatic carbocycles. The number of hydrogen-bond donors (Lipinski definition) is 0. The summed E-state index contributed by atoms with van der Waals surface area (Å²) < 4.78 is 0. The molecule has 3 aromatic carbocycles. The van der Waals surface area contributed by atoms with Gasteiger partial charge >= 0.3 is 0 Å². The number of nitrogens with zero attached hydrogens (tertiary/aromatic N) is 1. The van der Waals surface area contributed by atoms with Crippen molar-refractivity contribution >= 4 is 11.6 Å². The molecule has 3 aromatic rings. The number of rotatable bonds is 3. The first-order valence-electron chi connectivity index (χ1n) is 10.3. The molecule has 0 saturated carbocycles. The second-order valence-corrected chi connectivity index (χ2v) is 9.10. The van der Waals surface area contributed by atoms with Crippen LogP contribution in [0.3, 0.4) is 0 Å². The highest BCUT2D eigenvalue weighted by atomic mass is 16.2. The normalized spacial score (nSPS) is 20.2. The van der Waals surface area contributed by atoms with E-state index < -0.39 is 0 Å². The quantitative estimate of drug-likeness (QED) is 0.538. The van der Waals surface area contributed by atoms with Gasteiger partial charge in [0.05, 0.1) is 6.42 Å². The minimum atomic E-state index is -0.294. The van der Waals surface area contributed by atoms with Gasteiger partial charge in [-0.3, -0.25) is 4.79 Å². The monoisotopic (exact) mass is 383 g/mol. The van der Waals surface area contributed by atoms with Crippen molar-refractivity contribution in [2.45, 2.75) is 51.5 Å². The number of carbonyl (C=O) groups is 1. The number of carbonyl (C=O) groups excluding carboxylic acids is 1. The maximum atomic E-state index is 13.5. The Morgan fingerprint density at radius 3 is 2.17 bits per heavy atom. The SMILES string of the molecule is Cc1ccc2c(c1)N(C(=O)Cc1ccccc1)C(C)(C)C[C@]2(C)c1ccccc1. The number of aryl methyl sites for hydroxylation is 1. The van der Waals surface area contributed by atoms with Crippen molar-refractivity contribution < 1.29 is 4.79 Å². The Kier molecular flexibility index (Phi) is 4.82. The minimum Gasteiger partial charge on any atom is -0.306 e. The second-order valence-electron chi connectivity index (χ2n) is 9.10. The summed E-state index contributed by atoms with van der Waals surface area (Å²) in [6.07, 6.45) is 1.29. The molecule has 0 radical (unpaired) electrons. The predicted octanol–water partition coefficient (Wildman–Crippen LogP) is 6.06. The molecule has 2 heteroatoms. The fourth-order valence-corrected chi connectivity index (χ4v) is 5.04. The van der Waals surface area contributed by atoms with Crippen LogP contribution in [0, 0.1) is 6.92 Å². The average Bonchev–Trinajstić information content (AvgIpc) is 2.68. The summed E-state index contributed by atoms with van der Waals surface area (Å²) >= 11 is 0. The van der Waals surface area contributed by atoms with E-state index in [1.807, 2.05) is 35.2 Å². The van der Waals surface area contributed by atoms with Crippen molar-refractivity contribution in [1.29, 1.82) is 0 Å². The van der Waals surface area contributed by atoms with Gasteiger partial charge in [0, 0.05) is 16.6 Å². The first kappa shape index (κ1) is 19.4. The Balaban J connectivity index is 1.84. The first-order valence-corrected chi connectivity index (χ1v) is 10.3. The van der Waals surface area contributed by atoms with Gasteiger partial charge in [-0.05, 0) is 55.5 Å². The molecule has 29 heavy (non-hydrogen) atoms. The van der Waals surface area contributed by atoms with Gasteiger partial charge in [-0.15, -0.1) is 0 Å². The molecule has 0 unspecified atom stereocenters. The Morgan fingerprint density at radius 2 is 1.52 bits per heavy atom. The fourth-order valence-electron chi connectivity index (χ4n) is 5.04. The van der Waals surface area contributed by atoms with E-state index in [2.05, 4.69) is 76.2 Å². The van der Waals surface area contributed by atoms with Crippen LogP contribution in [0.25, 0.3) is 0 Å². The maximum absolute atomic E-state index is 13.5. The highest BCUT2D eigenvalue weighted by molar-refractivity contribution is 5.98. The van der Waals surface area contributed by atoms with Crippen LogP contribution in [0.1, 0.15) is 49.4 Å². The van der Waals surface area contributed by atoms with E-state index in [-0.39, 0.29) is 16.9 Å². The summed E-state index contributed by atoms with van der Waals surface area (Å²) in [5, 5.41) is 0. The van der Waals surface area contributed by atoms with Crippen molar-refractivity contribution in [3.05, 3.63) is 101 Å². The summed E-state index contributed by atoms with van der Waals surface area (Å²) in [5.41, 5.74) is 5.37. The summed E-state index contributed by atoms with van der Waals surface area (Å²) in [4.78, 5) is 15.6. The van der Waals surface area contributed by atoms with E-state index in [9.17, 15) is 4.79 Å². The molecule has 4 rings (SSSR count). The van der Waals surface area contributed by atoms with Gasteiger partial charge in [0.15, 0.2) is 0 Å². The summed E-state index contributed by atoms with van der Waals surface area (Å²) in [6, 6.07) is 27.3. The predicted molar refractivity (Wildman–Crippen MR) is 120 cm³/mol. The van der Waals surface area contributed by atoms with E-state index in [1.54, 1.807) is 0 Å². The average molecular weight is 384 g/mol. The first-order chi connectivity index (χ1) is 13.8. The Labute approximate surface area is 174 Å². The smallest absolute Gasteiger partial charge is 0.231 e. The van der Waals surface area contributed by atoms with Gasteiger partial charge in [0.25, 0.3) is 0 Å². The molecule has 0 saturated heterocycles. The Morgan fingerprint density at radius 1 is 0.897 bits per heavy atom. The second kappa shape index (κ2) is 7.18. The zero-order valence-corrected chi connectivity index (χ0v) is 17.8. The number of anilines is 1. The van der Waals surface area contributed by atoms with Gasteiger partial charge in [-0.2, -0.15) is 0 Å². The molecule has 2 nitrogen and oxygen atoms in total. The van der Waals surface area contributed by atoms with Crippen LogP contribution in [0.4, 0.5) is 5.69 Å². The zero-order valence-electron chi connectivity index (χ0n) is 17.8. The van der Waals surface area contributed by atoms with Crippen LogP contribution < -0.4 is 4.90 Å². The fraction of sp³-hybridized carbons (Fsp3) is 0.296. The number of amides is 1. The lowest BCUT2D eigenvalue weighted by Crippen LogP contribution is -2.56. The van der Waals surface area contributed by atoms with Crippen LogP contribution in [0.2, 0.25) is 0 Å². The molecule has 1 aliphatic heterocycles. The van der Waals surface area contributed by atoms with Crippen molar-refractivity contribution in [2.24, 2.45) is 0 Å². The lowest BCUT2D eigenvalue weighted by Gasteiger charge is -2.51. The van der Waals surface area contributed by atoms with Crippen LogP contribution >= 0.6 is 0 Å². The topological polar surface area (TPSA) is 20.3 Å². The highest BCUT2D eigenvalue weighted by Gasteiger charge is 2.47. The van der Waals surface area contributed by atoms with Crippen molar-refractivity contribution in [3.8, 4) is 0 Å². The van der Waals surface area contributed by atoms with Crippen LogP contribution in [0.15, 0.2) is 78.9 Å². The summed E-state index contributed by atoms with van der Waals surface area (Å²) in [7, 11) is 0. The van der Waals surface area contributed by atoms with Gasteiger partial charge in [-0.25, -0.2) is 0 Å². The van der Waals surface area contributed by atoms with Crippen molar-refractivity contribution in [2.75, 3.05) is 4.90 Å². The van der Waals surface area contributed by atoms with Gasteiger partial charge in [-0.1, -0.05) is 79.7 Å². The molecule has 1 amide bonds. The molecular weight excluding hydrogens is 354 g/mol. The number of benzene rings is 3. The lowest BCUT2D eigenvalue weighted by atomic mass is 9.65. The summed E-state index contributed by atoms with van der Waals surface area (Å²) in [6.45, 7) is 8.81. The molecule has 0 aromatic heterocycles. The molecule has 1 heterocycles. The number of hydrogen-bond acceptors (Lipinski definition) is 1. The lowest BCUT2D eigenvalue weighted by molar-refractivity contribution is -0.119. The van der Waals surface area contributed by atoms with E-state index in [0.29, 0.717) is 6.42 Å². The molecule has 148 valence electrons. The van der Waals surface area contributed by atoms with Gasteiger partial charge in [0.2, 0.25) is 5.91 Å². The van der Waals surface area contributed by atoms with Gasteiger partial charge in [0.1, 0.15) is 0 Å². The van der Waals surface area contributed by atoms with E-state index in [4.69, 9.17) is 0 Å². The number of fused-ring (bicyclic) bond motifs is 1. The van der Waals surface area contributed by atoms with Gasteiger partial charge < -0.3 is 4.90 Å². The third-order valence-electron chi connectivity index (χ3n) is 6.24. The molecule has 1 aliphatic rings. The molecule has 0 N–H and O–H groups in total. The molecule has 0 bridgehead atoms. The molecular formula is C27H29NO. The minimum absolute atomic E-state index is 0.142. The van der Waals surface area contributed by atoms with Crippen molar-refractivity contribution in [1.82, 2.24) is 0 Å². The van der Waals surface area contributed by atoms with Crippen LogP contribution in [-0.4, -0.2) is 11.4 Å². The summed E-state index contributed by atoms with van der Waals surface area (Å²) in [5.74, 6) is 0.156. The largest absolute Gasteiger partial charge is 0.306 e. The highest BCUT2D eigenvalue weighted by Crippen LogP contribution is 2.50. The molecule has 1 atom stereocenters. The molecule has 0 spiro atoms. The molecule has 0 fully saturated rings. The standard InChI is InChI=1S/C27H29NO/c1-20-15-16-23-24(17-20)28(25(29)18-21-11-7-5-8-12-21)26(2,3)19-27(23,4)22-13-9-6-10-14-22/h5-17H,18-19H2,1-4H3/t27-/m1/s1. The van der Waals surface area contributed by atoms with Crippen LogP contribution in [0.5, 0.6) is 0 Å².